The van der Waals surface area contributed by atoms with Crippen molar-refractivity contribution in [3.8, 4) is 0 Å². The van der Waals surface area contributed by atoms with Crippen LogP contribution < -0.4 is 4.90 Å². The summed E-state index contributed by atoms with van der Waals surface area (Å²) >= 11 is 0. The first-order valence-corrected chi connectivity index (χ1v) is 7.87. The van der Waals surface area contributed by atoms with E-state index in [1.54, 1.807) is 10.8 Å². The maximum Gasteiger partial charge on any atom is 0.177 e. The number of hydrogen-bond donors (Lipinski definition) is 0. The quantitative estimate of drug-likeness (QED) is 0.729. The minimum absolute atomic E-state index is 0.388. The Labute approximate surface area is 134 Å². The summed E-state index contributed by atoms with van der Waals surface area (Å²) in [6, 6.07) is 8.51. The van der Waals surface area contributed by atoms with Crippen molar-refractivity contribution >= 4 is 11.5 Å². The van der Waals surface area contributed by atoms with E-state index in [2.05, 4.69) is 43.1 Å². The smallest absolute Gasteiger partial charge is 0.177 e. The van der Waals surface area contributed by atoms with Crippen LogP contribution in [0.4, 0.5) is 5.82 Å². The second kappa shape index (κ2) is 5.92. The largest absolute Gasteiger partial charge is 0.353 e. The molecule has 0 saturated carbocycles. The minimum Gasteiger partial charge on any atom is -0.353 e. The van der Waals surface area contributed by atoms with Gasteiger partial charge in [-0.05, 0) is 30.7 Å². The summed E-state index contributed by atoms with van der Waals surface area (Å²) in [5.41, 5.74) is 2.04. The van der Waals surface area contributed by atoms with E-state index in [1.165, 1.54) is 5.56 Å². The molecule has 0 aromatic carbocycles. The van der Waals surface area contributed by atoms with Crippen LogP contribution in [-0.4, -0.2) is 55.9 Å². The van der Waals surface area contributed by atoms with E-state index in [0.717, 1.165) is 37.6 Å². The molecule has 3 aromatic heterocycles. The lowest BCUT2D eigenvalue weighted by Gasteiger charge is -2.38. The fourth-order valence-electron chi connectivity index (χ4n) is 3.06. The number of rotatable bonds is 3. The molecule has 23 heavy (non-hydrogen) atoms. The number of pyridine rings is 1. The first kappa shape index (κ1) is 14.1. The molecular formula is C16H19N7. The molecule has 4 heterocycles. The highest BCUT2D eigenvalue weighted by Crippen LogP contribution is 2.22. The van der Waals surface area contributed by atoms with Crippen LogP contribution in [0.3, 0.4) is 0 Å². The molecule has 0 bridgehead atoms. The van der Waals surface area contributed by atoms with Gasteiger partial charge in [-0.15, -0.1) is 15.3 Å². The standard InChI is InChI=1S/C16H19N7/c1-13(14-3-2-6-17-11-14)21-7-9-22(10-8-21)16-5-4-15-19-18-12-23(15)20-16/h2-6,11-13H,7-10H2,1H3. The lowest BCUT2D eigenvalue weighted by Crippen LogP contribution is -2.47. The topological polar surface area (TPSA) is 62.5 Å². The molecule has 0 N–H and O–H groups in total. The Bertz CT molecular complexity index is 777. The molecule has 0 aliphatic carbocycles. The van der Waals surface area contributed by atoms with Crippen molar-refractivity contribution in [1.29, 1.82) is 0 Å². The Morgan fingerprint density at radius 3 is 2.74 bits per heavy atom. The summed E-state index contributed by atoms with van der Waals surface area (Å²) in [6.07, 6.45) is 5.42. The number of anilines is 1. The van der Waals surface area contributed by atoms with Crippen molar-refractivity contribution in [2.24, 2.45) is 0 Å². The van der Waals surface area contributed by atoms with Gasteiger partial charge in [-0.1, -0.05) is 6.07 Å². The fraction of sp³-hybridized carbons (Fsp3) is 0.375. The average molecular weight is 309 g/mol. The molecule has 1 aliphatic rings. The van der Waals surface area contributed by atoms with Crippen molar-refractivity contribution < 1.29 is 0 Å². The van der Waals surface area contributed by atoms with Gasteiger partial charge in [0.05, 0.1) is 0 Å². The zero-order chi connectivity index (χ0) is 15.6. The number of piperazine rings is 1. The lowest BCUT2D eigenvalue weighted by atomic mass is 10.1. The van der Waals surface area contributed by atoms with Crippen molar-refractivity contribution in [3.63, 3.8) is 0 Å². The highest BCUT2D eigenvalue weighted by atomic mass is 15.4. The Balaban J connectivity index is 1.44. The van der Waals surface area contributed by atoms with E-state index in [-0.39, 0.29) is 0 Å². The van der Waals surface area contributed by atoms with Gasteiger partial charge in [0.2, 0.25) is 0 Å². The summed E-state index contributed by atoms with van der Waals surface area (Å²) in [5.74, 6) is 0.978. The molecule has 1 atom stereocenters. The lowest BCUT2D eigenvalue weighted by molar-refractivity contribution is 0.198. The van der Waals surface area contributed by atoms with Gasteiger partial charge < -0.3 is 4.90 Å². The minimum atomic E-state index is 0.388. The normalized spacial score (nSPS) is 17.5. The van der Waals surface area contributed by atoms with E-state index in [0.29, 0.717) is 6.04 Å². The Hall–Kier alpha value is -2.54. The number of aromatic nitrogens is 5. The fourth-order valence-corrected chi connectivity index (χ4v) is 3.06. The molecule has 118 valence electrons. The molecule has 1 fully saturated rings. The second-order valence-corrected chi connectivity index (χ2v) is 5.81. The van der Waals surface area contributed by atoms with E-state index in [1.807, 2.05) is 30.6 Å². The van der Waals surface area contributed by atoms with Crippen LogP contribution in [0.5, 0.6) is 0 Å². The summed E-state index contributed by atoms with van der Waals surface area (Å²) in [7, 11) is 0. The first-order chi connectivity index (χ1) is 11.3. The van der Waals surface area contributed by atoms with Gasteiger partial charge in [-0.3, -0.25) is 9.88 Å². The summed E-state index contributed by atoms with van der Waals surface area (Å²) in [4.78, 5) is 9.03. The highest BCUT2D eigenvalue weighted by molar-refractivity contribution is 5.45. The second-order valence-electron chi connectivity index (χ2n) is 5.81. The zero-order valence-electron chi connectivity index (χ0n) is 13.1. The molecule has 0 radical (unpaired) electrons. The van der Waals surface area contributed by atoms with Gasteiger partial charge in [-0.25, -0.2) is 0 Å². The number of fused-ring (bicyclic) bond motifs is 1. The molecule has 1 aliphatic heterocycles. The molecule has 3 aromatic rings. The van der Waals surface area contributed by atoms with Gasteiger partial charge in [0.1, 0.15) is 12.1 Å². The van der Waals surface area contributed by atoms with Crippen LogP contribution in [-0.2, 0) is 0 Å². The van der Waals surface area contributed by atoms with Crippen LogP contribution in [0, 0.1) is 0 Å². The van der Waals surface area contributed by atoms with Gasteiger partial charge in [-0.2, -0.15) is 4.52 Å². The number of hydrogen-bond acceptors (Lipinski definition) is 6. The van der Waals surface area contributed by atoms with Gasteiger partial charge >= 0.3 is 0 Å². The first-order valence-electron chi connectivity index (χ1n) is 7.87. The van der Waals surface area contributed by atoms with E-state index in [9.17, 15) is 0 Å². The maximum absolute atomic E-state index is 4.58. The molecule has 7 nitrogen and oxygen atoms in total. The van der Waals surface area contributed by atoms with Gasteiger partial charge in [0.15, 0.2) is 5.65 Å². The van der Waals surface area contributed by atoms with E-state index < -0.39 is 0 Å². The zero-order valence-corrected chi connectivity index (χ0v) is 13.1. The SMILES string of the molecule is CC(c1cccnc1)N1CCN(c2ccc3nncn3n2)CC1. The van der Waals surface area contributed by atoms with Crippen LogP contribution in [0.15, 0.2) is 43.0 Å². The average Bonchev–Trinajstić information content (AvgIpc) is 3.10. The molecule has 7 heteroatoms. The van der Waals surface area contributed by atoms with Crippen molar-refractivity contribution in [2.45, 2.75) is 13.0 Å². The van der Waals surface area contributed by atoms with Crippen molar-refractivity contribution in [1.82, 2.24) is 29.7 Å². The predicted octanol–water partition coefficient (Wildman–Crippen LogP) is 1.40. The van der Waals surface area contributed by atoms with E-state index >= 15 is 0 Å². The molecule has 0 spiro atoms. The predicted molar refractivity (Wildman–Crippen MR) is 87.2 cm³/mol. The maximum atomic E-state index is 4.58. The molecule has 4 rings (SSSR count). The monoisotopic (exact) mass is 309 g/mol. The third kappa shape index (κ3) is 2.75. The third-order valence-electron chi connectivity index (χ3n) is 4.50. The van der Waals surface area contributed by atoms with Gasteiger partial charge in [0, 0.05) is 44.6 Å². The van der Waals surface area contributed by atoms with Crippen LogP contribution in [0.25, 0.3) is 5.65 Å². The van der Waals surface area contributed by atoms with Crippen molar-refractivity contribution in [3.05, 3.63) is 48.5 Å². The molecule has 1 unspecified atom stereocenters. The summed E-state index contributed by atoms with van der Waals surface area (Å²) in [6.45, 7) is 6.19. The highest BCUT2D eigenvalue weighted by Gasteiger charge is 2.23. The third-order valence-corrected chi connectivity index (χ3v) is 4.50. The molecule has 0 amide bonds. The molecule has 1 saturated heterocycles. The van der Waals surface area contributed by atoms with Crippen LogP contribution >= 0.6 is 0 Å². The van der Waals surface area contributed by atoms with Gasteiger partial charge in [0.25, 0.3) is 0 Å². The summed E-state index contributed by atoms with van der Waals surface area (Å²) < 4.78 is 1.72. The Kier molecular flexibility index (Phi) is 3.63. The summed E-state index contributed by atoms with van der Waals surface area (Å²) in [5, 5.41) is 12.4. The van der Waals surface area contributed by atoms with Crippen LogP contribution in [0.2, 0.25) is 0 Å². The molecular weight excluding hydrogens is 290 g/mol. The van der Waals surface area contributed by atoms with Crippen molar-refractivity contribution in [2.75, 3.05) is 31.1 Å². The Morgan fingerprint density at radius 2 is 1.96 bits per heavy atom. The number of nitrogens with zero attached hydrogens (tertiary/aromatic N) is 7. The van der Waals surface area contributed by atoms with E-state index in [4.69, 9.17) is 0 Å². The van der Waals surface area contributed by atoms with Crippen LogP contribution in [0.1, 0.15) is 18.5 Å². The Morgan fingerprint density at radius 1 is 1.09 bits per heavy atom.